The molecule has 1 fully saturated rings. The van der Waals surface area contributed by atoms with E-state index in [0.29, 0.717) is 5.95 Å². The number of aromatic nitrogens is 2. The highest BCUT2D eigenvalue weighted by Gasteiger charge is 2.20. The molecule has 2 rings (SSSR count). The highest BCUT2D eigenvalue weighted by Crippen LogP contribution is 2.28. The zero-order valence-corrected chi connectivity index (χ0v) is 8.85. The van der Waals surface area contributed by atoms with Gasteiger partial charge in [0, 0.05) is 32.2 Å². The predicted molar refractivity (Wildman–Crippen MR) is 58.7 cm³/mol. The molecular formula is C11H17N3O. The lowest BCUT2D eigenvalue weighted by Crippen LogP contribution is -2.08. The Bertz CT molecular complexity index is 274. The van der Waals surface area contributed by atoms with E-state index in [2.05, 4.69) is 15.3 Å². The summed E-state index contributed by atoms with van der Waals surface area (Å²) in [7, 11) is 0. The van der Waals surface area contributed by atoms with E-state index in [-0.39, 0.29) is 0 Å². The molecule has 1 N–H and O–H groups in total. The molecule has 1 aliphatic carbocycles. The first-order valence-corrected chi connectivity index (χ1v) is 5.54. The molecule has 4 nitrogen and oxygen atoms in total. The molecule has 1 aromatic rings. The topological polar surface area (TPSA) is 47.0 Å². The van der Waals surface area contributed by atoms with Crippen LogP contribution in [0.25, 0.3) is 0 Å². The molecule has 82 valence electrons. The first-order chi connectivity index (χ1) is 7.45. The van der Waals surface area contributed by atoms with Gasteiger partial charge in [-0.3, -0.25) is 0 Å². The number of nitrogens with one attached hydrogen (secondary N) is 1. The van der Waals surface area contributed by atoms with E-state index >= 15 is 0 Å². The lowest BCUT2D eigenvalue weighted by Gasteiger charge is -2.04. The monoisotopic (exact) mass is 207 g/mol. The van der Waals surface area contributed by atoms with Gasteiger partial charge in [0.05, 0.1) is 0 Å². The highest BCUT2D eigenvalue weighted by molar-refractivity contribution is 5.21. The van der Waals surface area contributed by atoms with Gasteiger partial charge in [0.25, 0.3) is 0 Å². The van der Waals surface area contributed by atoms with Crippen LogP contribution in [0, 0.1) is 5.92 Å². The van der Waals surface area contributed by atoms with Crippen LogP contribution >= 0.6 is 0 Å². The molecule has 1 heterocycles. The van der Waals surface area contributed by atoms with Crippen molar-refractivity contribution in [2.75, 3.05) is 25.1 Å². The fourth-order valence-electron chi connectivity index (χ4n) is 1.30. The van der Waals surface area contributed by atoms with Crippen molar-refractivity contribution in [3.05, 3.63) is 18.5 Å². The Morgan fingerprint density at radius 1 is 1.33 bits per heavy atom. The van der Waals surface area contributed by atoms with E-state index in [0.717, 1.165) is 32.1 Å². The van der Waals surface area contributed by atoms with E-state index in [4.69, 9.17) is 4.74 Å². The van der Waals surface area contributed by atoms with Gasteiger partial charge < -0.3 is 10.1 Å². The van der Waals surface area contributed by atoms with Crippen LogP contribution in [0.2, 0.25) is 0 Å². The molecule has 0 unspecified atom stereocenters. The number of nitrogens with zero attached hydrogens (tertiary/aromatic N) is 2. The van der Waals surface area contributed by atoms with E-state index < -0.39 is 0 Å². The molecule has 4 heteroatoms. The first kappa shape index (κ1) is 10.4. The quantitative estimate of drug-likeness (QED) is 0.691. The third-order valence-electron chi connectivity index (χ3n) is 2.36. The Hall–Kier alpha value is -1.16. The Labute approximate surface area is 90.1 Å². The maximum Gasteiger partial charge on any atom is 0.222 e. The van der Waals surface area contributed by atoms with Crippen LogP contribution in [-0.2, 0) is 4.74 Å². The number of hydrogen-bond donors (Lipinski definition) is 1. The Morgan fingerprint density at radius 2 is 2.13 bits per heavy atom. The number of anilines is 1. The first-order valence-electron chi connectivity index (χ1n) is 5.54. The molecule has 0 saturated heterocycles. The van der Waals surface area contributed by atoms with Gasteiger partial charge >= 0.3 is 0 Å². The van der Waals surface area contributed by atoms with Gasteiger partial charge in [0.15, 0.2) is 0 Å². The van der Waals surface area contributed by atoms with Gasteiger partial charge in [-0.2, -0.15) is 0 Å². The summed E-state index contributed by atoms with van der Waals surface area (Å²) >= 11 is 0. The van der Waals surface area contributed by atoms with Crippen LogP contribution in [0.1, 0.15) is 19.3 Å². The number of hydrogen-bond acceptors (Lipinski definition) is 4. The van der Waals surface area contributed by atoms with Crippen LogP contribution < -0.4 is 5.32 Å². The van der Waals surface area contributed by atoms with E-state index in [1.807, 2.05) is 6.07 Å². The summed E-state index contributed by atoms with van der Waals surface area (Å²) in [5, 5.41) is 3.15. The Morgan fingerprint density at radius 3 is 2.87 bits per heavy atom. The molecule has 0 atom stereocenters. The number of ether oxygens (including phenoxy) is 1. The smallest absolute Gasteiger partial charge is 0.222 e. The minimum Gasteiger partial charge on any atom is -0.381 e. The zero-order chi connectivity index (χ0) is 10.3. The fourth-order valence-corrected chi connectivity index (χ4v) is 1.30. The molecule has 1 aliphatic rings. The van der Waals surface area contributed by atoms with Crippen molar-refractivity contribution >= 4 is 5.95 Å². The van der Waals surface area contributed by atoms with Crippen molar-refractivity contribution in [1.82, 2.24) is 9.97 Å². The van der Waals surface area contributed by atoms with E-state index in [1.54, 1.807) is 12.4 Å². The molecule has 0 bridgehead atoms. The van der Waals surface area contributed by atoms with Crippen LogP contribution in [0.3, 0.4) is 0 Å². The fraction of sp³-hybridized carbons (Fsp3) is 0.636. The maximum absolute atomic E-state index is 5.51. The predicted octanol–water partition coefficient (Wildman–Crippen LogP) is 1.71. The lowest BCUT2D eigenvalue weighted by atomic mass is 10.4. The molecule has 0 amide bonds. The Balaban J connectivity index is 1.47. The second-order valence-electron chi connectivity index (χ2n) is 3.87. The summed E-state index contributed by atoms with van der Waals surface area (Å²) in [5.41, 5.74) is 0. The summed E-state index contributed by atoms with van der Waals surface area (Å²) in [6, 6.07) is 1.81. The second-order valence-corrected chi connectivity index (χ2v) is 3.87. The van der Waals surface area contributed by atoms with Crippen molar-refractivity contribution in [2.45, 2.75) is 19.3 Å². The van der Waals surface area contributed by atoms with Gasteiger partial charge in [-0.05, 0) is 31.2 Å². The van der Waals surface area contributed by atoms with Gasteiger partial charge in [-0.25, -0.2) is 9.97 Å². The van der Waals surface area contributed by atoms with Crippen LogP contribution in [-0.4, -0.2) is 29.7 Å². The molecule has 0 aliphatic heterocycles. The largest absolute Gasteiger partial charge is 0.381 e. The molecular weight excluding hydrogens is 190 g/mol. The van der Waals surface area contributed by atoms with Crippen molar-refractivity contribution in [3.8, 4) is 0 Å². The average molecular weight is 207 g/mol. The summed E-state index contributed by atoms with van der Waals surface area (Å²) < 4.78 is 5.51. The third kappa shape index (κ3) is 4.25. The van der Waals surface area contributed by atoms with Crippen molar-refractivity contribution in [3.63, 3.8) is 0 Å². The standard InChI is InChI=1S/C11H17N3O/c1-5-12-11(13-6-1)14-7-2-8-15-9-10-3-4-10/h1,5-6,10H,2-4,7-9H2,(H,12,13,14). The molecule has 0 spiro atoms. The summed E-state index contributed by atoms with van der Waals surface area (Å²) in [6.07, 6.45) is 7.19. The molecule has 0 aromatic carbocycles. The van der Waals surface area contributed by atoms with Crippen LogP contribution in [0.15, 0.2) is 18.5 Å². The van der Waals surface area contributed by atoms with Gasteiger partial charge in [-0.15, -0.1) is 0 Å². The van der Waals surface area contributed by atoms with Crippen LogP contribution in [0.5, 0.6) is 0 Å². The summed E-state index contributed by atoms with van der Waals surface area (Å²) in [5.74, 6) is 1.55. The number of rotatable bonds is 7. The minimum atomic E-state index is 0.694. The van der Waals surface area contributed by atoms with Gasteiger partial charge in [-0.1, -0.05) is 0 Å². The normalized spacial score (nSPS) is 15.2. The maximum atomic E-state index is 5.51. The van der Waals surface area contributed by atoms with Crippen molar-refractivity contribution < 1.29 is 4.74 Å². The van der Waals surface area contributed by atoms with E-state index in [1.165, 1.54) is 12.8 Å². The Kier molecular flexibility index (Phi) is 3.91. The van der Waals surface area contributed by atoms with E-state index in [9.17, 15) is 0 Å². The highest BCUT2D eigenvalue weighted by atomic mass is 16.5. The zero-order valence-electron chi connectivity index (χ0n) is 8.85. The summed E-state index contributed by atoms with van der Waals surface area (Å²) in [6.45, 7) is 2.65. The molecule has 0 radical (unpaired) electrons. The van der Waals surface area contributed by atoms with Gasteiger partial charge in [0.1, 0.15) is 0 Å². The average Bonchev–Trinajstić information content (AvgIpc) is 3.09. The van der Waals surface area contributed by atoms with Crippen molar-refractivity contribution in [1.29, 1.82) is 0 Å². The van der Waals surface area contributed by atoms with Crippen LogP contribution in [0.4, 0.5) is 5.95 Å². The minimum absolute atomic E-state index is 0.694. The van der Waals surface area contributed by atoms with Crippen molar-refractivity contribution in [2.24, 2.45) is 5.92 Å². The molecule has 1 aromatic heterocycles. The molecule has 1 saturated carbocycles. The SMILES string of the molecule is c1cnc(NCCCOCC2CC2)nc1. The third-order valence-corrected chi connectivity index (χ3v) is 2.36. The molecule has 15 heavy (non-hydrogen) atoms. The second kappa shape index (κ2) is 5.66. The lowest BCUT2D eigenvalue weighted by molar-refractivity contribution is 0.124. The summed E-state index contributed by atoms with van der Waals surface area (Å²) in [4.78, 5) is 8.14. The van der Waals surface area contributed by atoms with Gasteiger partial charge in [0.2, 0.25) is 5.95 Å².